The Labute approximate surface area is 243 Å². The normalized spacial score (nSPS) is 18.6. The first-order chi connectivity index (χ1) is 20.4. The van der Waals surface area contributed by atoms with Gasteiger partial charge in [-0.25, -0.2) is 23.8 Å². The Balaban J connectivity index is 1.32. The number of hydrogen-bond donors (Lipinski definition) is 0. The van der Waals surface area contributed by atoms with Gasteiger partial charge >= 0.3 is 12.2 Å². The van der Waals surface area contributed by atoms with E-state index < -0.39 is 41.9 Å². The molecule has 2 heterocycles. The Bertz CT molecular complexity index is 1460. The van der Waals surface area contributed by atoms with Crippen molar-refractivity contribution in [1.82, 2.24) is 9.80 Å². The summed E-state index contributed by atoms with van der Waals surface area (Å²) >= 11 is 0. The second kappa shape index (κ2) is 13.2. The SMILES string of the molecule is O=C(CC/C=C(\Cc1ccc(F)cc1)C(=O)N1C(=O)OC[C@@H]1Cc1ccccc1)N1C(=O)OC[C@@H]1Cc1ccccc1. The Hall–Kier alpha value is -4.79. The standard InChI is InChI=1S/C33H31FN2O6/c34-27-16-14-25(15-17-27)18-26(31(38)36-29(22-42-33(36)40)20-24-10-5-2-6-11-24)12-7-13-30(37)35-28(21-41-32(35)39)19-23-8-3-1-4-9-23/h1-6,8-12,14-17,28-29H,7,13,18-22H2/b26-12+/t28-,29-/m0/s1. The molecule has 216 valence electrons. The van der Waals surface area contributed by atoms with Crippen molar-refractivity contribution in [2.75, 3.05) is 13.2 Å². The fourth-order valence-corrected chi connectivity index (χ4v) is 5.25. The molecular weight excluding hydrogens is 539 g/mol. The van der Waals surface area contributed by atoms with Gasteiger partial charge in [-0.05, 0) is 48.1 Å². The first kappa shape index (κ1) is 28.7. The number of carbonyl (C=O) groups excluding carboxylic acids is 4. The lowest BCUT2D eigenvalue weighted by molar-refractivity contribution is -0.129. The molecule has 0 radical (unpaired) electrons. The number of ether oxygens (including phenoxy) is 2. The predicted molar refractivity (Wildman–Crippen MR) is 152 cm³/mol. The molecule has 4 amide bonds. The molecule has 0 spiro atoms. The summed E-state index contributed by atoms with van der Waals surface area (Å²) < 4.78 is 24.0. The zero-order valence-electron chi connectivity index (χ0n) is 23.0. The lowest BCUT2D eigenvalue weighted by atomic mass is 10.00. The molecule has 2 aliphatic heterocycles. The Morgan fingerprint density at radius 3 is 1.83 bits per heavy atom. The van der Waals surface area contributed by atoms with Crippen LogP contribution in [-0.4, -0.2) is 59.1 Å². The molecule has 0 bridgehead atoms. The lowest BCUT2D eigenvalue weighted by Crippen LogP contribution is -2.41. The van der Waals surface area contributed by atoms with Gasteiger partial charge in [0.25, 0.3) is 5.91 Å². The number of allylic oxidation sites excluding steroid dienone is 1. The predicted octanol–water partition coefficient (Wildman–Crippen LogP) is 5.26. The molecule has 0 aromatic heterocycles. The maximum atomic E-state index is 13.8. The number of benzene rings is 3. The Morgan fingerprint density at radius 1 is 0.738 bits per heavy atom. The fourth-order valence-electron chi connectivity index (χ4n) is 5.25. The number of amides is 4. The molecule has 9 heteroatoms. The number of halogens is 1. The smallest absolute Gasteiger partial charge is 0.417 e. The molecule has 0 saturated carbocycles. The number of cyclic esters (lactones) is 2. The molecule has 0 aliphatic carbocycles. The molecule has 0 unspecified atom stereocenters. The lowest BCUT2D eigenvalue weighted by Gasteiger charge is -2.22. The Kier molecular flexibility index (Phi) is 9.06. The summed E-state index contributed by atoms with van der Waals surface area (Å²) in [7, 11) is 0. The quantitative estimate of drug-likeness (QED) is 0.309. The first-order valence-corrected chi connectivity index (χ1v) is 13.9. The van der Waals surface area contributed by atoms with Crippen LogP contribution in [0.15, 0.2) is 96.6 Å². The van der Waals surface area contributed by atoms with Crippen LogP contribution in [0.4, 0.5) is 14.0 Å². The fraction of sp³-hybridized carbons (Fsp3) is 0.273. The molecule has 5 rings (SSSR count). The van der Waals surface area contributed by atoms with Crippen LogP contribution in [0.3, 0.4) is 0 Å². The van der Waals surface area contributed by atoms with E-state index in [1.165, 1.54) is 12.1 Å². The third kappa shape index (κ3) is 6.91. The summed E-state index contributed by atoms with van der Waals surface area (Å²) in [5.74, 6) is -1.35. The zero-order chi connectivity index (χ0) is 29.5. The summed E-state index contributed by atoms with van der Waals surface area (Å²) in [6.07, 6.45) is 1.33. The molecule has 2 aliphatic rings. The minimum absolute atomic E-state index is 0.0432. The van der Waals surface area contributed by atoms with E-state index in [-0.39, 0.29) is 38.0 Å². The van der Waals surface area contributed by atoms with Gasteiger partial charge in [0.1, 0.15) is 19.0 Å². The number of carbonyl (C=O) groups is 4. The van der Waals surface area contributed by atoms with Gasteiger partial charge in [0.2, 0.25) is 5.91 Å². The number of nitrogens with zero attached hydrogens (tertiary/aromatic N) is 2. The van der Waals surface area contributed by atoms with Gasteiger partial charge in [-0.2, -0.15) is 0 Å². The summed E-state index contributed by atoms with van der Waals surface area (Å²) in [6, 6.07) is 23.8. The van der Waals surface area contributed by atoms with Crippen molar-refractivity contribution in [3.05, 3.63) is 119 Å². The summed E-state index contributed by atoms with van der Waals surface area (Å²) in [6.45, 7) is 0.186. The minimum Gasteiger partial charge on any atom is -0.447 e. The van der Waals surface area contributed by atoms with E-state index in [9.17, 15) is 23.6 Å². The van der Waals surface area contributed by atoms with Crippen molar-refractivity contribution in [3.8, 4) is 0 Å². The third-order valence-electron chi connectivity index (χ3n) is 7.37. The first-order valence-electron chi connectivity index (χ1n) is 13.9. The van der Waals surface area contributed by atoms with Crippen LogP contribution in [0.2, 0.25) is 0 Å². The number of rotatable bonds is 10. The van der Waals surface area contributed by atoms with Crippen molar-refractivity contribution >= 4 is 24.0 Å². The van der Waals surface area contributed by atoms with Crippen LogP contribution in [0.5, 0.6) is 0 Å². The van der Waals surface area contributed by atoms with Gasteiger partial charge in [-0.1, -0.05) is 78.9 Å². The molecule has 2 atom stereocenters. The van der Waals surface area contributed by atoms with Crippen molar-refractivity contribution in [2.24, 2.45) is 0 Å². The van der Waals surface area contributed by atoms with E-state index in [0.29, 0.717) is 18.4 Å². The van der Waals surface area contributed by atoms with E-state index in [1.807, 2.05) is 60.7 Å². The van der Waals surface area contributed by atoms with E-state index >= 15 is 0 Å². The van der Waals surface area contributed by atoms with Gasteiger partial charge in [0.05, 0.1) is 12.1 Å². The van der Waals surface area contributed by atoms with Gasteiger partial charge in [-0.15, -0.1) is 0 Å². The van der Waals surface area contributed by atoms with Crippen molar-refractivity contribution < 1.29 is 33.0 Å². The molecular formula is C33H31FN2O6. The summed E-state index contributed by atoms with van der Waals surface area (Å²) in [5.41, 5.74) is 2.88. The second-order valence-electron chi connectivity index (χ2n) is 10.4. The van der Waals surface area contributed by atoms with Crippen LogP contribution in [0.1, 0.15) is 29.5 Å². The monoisotopic (exact) mass is 570 g/mol. The zero-order valence-corrected chi connectivity index (χ0v) is 23.0. The number of imide groups is 2. The van der Waals surface area contributed by atoms with Crippen LogP contribution in [-0.2, 0) is 38.3 Å². The van der Waals surface area contributed by atoms with Crippen molar-refractivity contribution in [3.63, 3.8) is 0 Å². The molecule has 42 heavy (non-hydrogen) atoms. The molecule has 3 aromatic carbocycles. The van der Waals surface area contributed by atoms with Crippen LogP contribution < -0.4 is 0 Å². The van der Waals surface area contributed by atoms with Crippen molar-refractivity contribution in [1.29, 1.82) is 0 Å². The maximum Gasteiger partial charge on any atom is 0.417 e. The second-order valence-corrected chi connectivity index (χ2v) is 10.4. The van der Waals surface area contributed by atoms with Crippen LogP contribution >= 0.6 is 0 Å². The molecule has 2 fully saturated rings. The van der Waals surface area contributed by atoms with Gasteiger partial charge in [-0.3, -0.25) is 9.59 Å². The largest absolute Gasteiger partial charge is 0.447 e. The molecule has 2 saturated heterocycles. The average molecular weight is 571 g/mol. The molecule has 8 nitrogen and oxygen atoms in total. The Morgan fingerprint density at radius 2 is 1.26 bits per heavy atom. The van der Waals surface area contributed by atoms with Gasteiger partial charge in [0, 0.05) is 18.4 Å². The van der Waals surface area contributed by atoms with E-state index in [0.717, 1.165) is 20.9 Å². The number of hydrogen-bond acceptors (Lipinski definition) is 6. The highest BCUT2D eigenvalue weighted by Gasteiger charge is 2.40. The summed E-state index contributed by atoms with van der Waals surface area (Å²) in [4.78, 5) is 54.3. The van der Waals surface area contributed by atoms with Crippen LogP contribution in [0, 0.1) is 5.82 Å². The third-order valence-corrected chi connectivity index (χ3v) is 7.37. The topological polar surface area (TPSA) is 93.2 Å². The van der Waals surface area contributed by atoms with Gasteiger partial charge in [0.15, 0.2) is 0 Å². The van der Waals surface area contributed by atoms with E-state index in [2.05, 4.69) is 0 Å². The van der Waals surface area contributed by atoms with Gasteiger partial charge < -0.3 is 9.47 Å². The molecule has 3 aromatic rings. The molecule has 0 N–H and O–H groups in total. The summed E-state index contributed by atoms with van der Waals surface area (Å²) in [5, 5.41) is 0. The van der Waals surface area contributed by atoms with Crippen molar-refractivity contribution in [2.45, 2.75) is 44.2 Å². The van der Waals surface area contributed by atoms with E-state index in [1.54, 1.807) is 18.2 Å². The van der Waals surface area contributed by atoms with Crippen LogP contribution in [0.25, 0.3) is 0 Å². The van der Waals surface area contributed by atoms with E-state index in [4.69, 9.17) is 9.47 Å². The highest BCUT2D eigenvalue weighted by atomic mass is 19.1. The average Bonchev–Trinajstić information content (AvgIpc) is 3.55. The maximum absolute atomic E-state index is 13.8. The highest BCUT2D eigenvalue weighted by molar-refractivity contribution is 6.03. The highest BCUT2D eigenvalue weighted by Crippen LogP contribution is 2.23. The minimum atomic E-state index is -0.731.